The Labute approximate surface area is 71.5 Å². The molecule has 1 atom stereocenters. The fraction of sp³-hybridized carbons (Fsp3) is 0.500. The lowest BCUT2D eigenvalue weighted by Crippen LogP contribution is -2.19. The molecular weight excluding hydrogens is 167 g/mol. The maximum absolute atomic E-state index is 6.08. The van der Waals surface area contributed by atoms with Gasteiger partial charge in [0, 0.05) is 5.03 Å². The first kappa shape index (κ1) is 8.16. The van der Waals surface area contributed by atoms with Gasteiger partial charge in [-0.3, -0.25) is 0 Å². The van der Waals surface area contributed by atoms with Crippen LogP contribution in [0.1, 0.15) is 20.3 Å². The van der Waals surface area contributed by atoms with Gasteiger partial charge in [0.1, 0.15) is 0 Å². The van der Waals surface area contributed by atoms with E-state index in [1.54, 1.807) is 0 Å². The summed E-state index contributed by atoms with van der Waals surface area (Å²) in [6.07, 6.45) is 4.73. The van der Waals surface area contributed by atoms with Gasteiger partial charge < -0.3 is 0 Å². The molecule has 0 amide bonds. The van der Waals surface area contributed by atoms with E-state index in [0.717, 1.165) is 11.5 Å². The highest BCUT2D eigenvalue weighted by molar-refractivity contribution is 6.39. The van der Waals surface area contributed by atoms with E-state index in [9.17, 15) is 0 Å². The number of rotatable bonds is 0. The second-order valence-corrected chi connectivity index (χ2v) is 4.14. The molecule has 2 heteroatoms. The molecule has 0 saturated carbocycles. The van der Waals surface area contributed by atoms with E-state index in [2.05, 4.69) is 6.92 Å². The highest BCUT2D eigenvalue weighted by Gasteiger charge is 2.26. The lowest BCUT2D eigenvalue weighted by molar-refractivity contribution is 0.737. The Bertz CT molecular complexity index is 199. The largest absolute Gasteiger partial charge is 0.113 e. The van der Waals surface area contributed by atoms with Crippen LogP contribution in [0.25, 0.3) is 0 Å². The zero-order chi connectivity index (χ0) is 7.78. The molecule has 0 bridgehead atoms. The molecule has 10 heavy (non-hydrogen) atoms. The van der Waals surface area contributed by atoms with Crippen molar-refractivity contribution in [2.24, 2.45) is 0 Å². The van der Waals surface area contributed by atoms with Gasteiger partial charge in [0.15, 0.2) is 0 Å². The first-order chi connectivity index (χ1) is 4.52. The molecule has 56 valence electrons. The van der Waals surface area contributed by atoms with Crippen LogP contribution in [0, 0.1) is 0 Å². The van der Waals surface area contributed by atoms with Crippen LogP contribution in [0.3, 0.4) is 0 Å². The van der Waals surface area contributed by atoms with E-state index < -0.39 is 0 Å². The fourth-order valence-electron chi connectivity index (χ4n) is 1.06. The van der Waals surface area contributed by atoms with Crippen LogP contribution in [0.15, 0.2) is 22.8 Å². The van der Waals surface area contributed by atoms with Gasteiger partial charge in [-0.05, 0) is 26.3 Å². The Balaban J connectivity index is 2.89. The minimum Gasteiger partial charge on any atom is -0.113 e. The van der Waals surface area contributed by atoms with Gasteiger partial charge in [0.05, 0.1) is 4.87 Å². The molecule has 0 saturated heterocycles. The second-order valence-electron chi connectivity index (χ2n) is 2.90. The van der Waals surface area contributed by atoms with Crippen LogP contribution in [-0.4, -0.2) is 4.87 Å². The number of hydrogen-bond donors (Lipinski definition) is 0. The van der Waals surface area contributed by atoms with Gasteiger partial charge >= 0.3 is 0 Å². The molecule has 0 heterocycles. The summed E-state index contributed by atoms with van der Waals surface area (Å²) in [6.45, 7) is 3.99. The van der Waals surface area contributed by atoms with Crippen molar-refractivity contribution >= 4 is 23.2 Å². The van der Waals surface area contributed by atoms with Crippen LogP contribution in [0.4, 0.5) is 0 Å². The smallest absolute Gasteiger partial charge is 0.0809 e. The Morgan fingerprint density at radius 1 is 1.50 bits per heavy atom. The molecule has 1 aliphatic rings. The average molecular weight is 177 g/mol. The minimum atomic E-state index is -0.361. The van der Waals surface area contributed by atoms with Gasteiger partial charge in [-0.2, -0.15) is 0 Å². The second kappa shape index (κ2) is 2.60. The normalized spacial score (nSPS) is 33.2. The van der Waals surface area contributed by atoms with E-state index in [1.807, 2.05) is 19.1 Å². The Morgan fingerprint density at radius 2 is 2.10 bits per heavy atom. The molecule has 0 radical (unpaired) electrons. The van der Waals surface area contributed by atoms with Crippen molar-refractivity contribution in [3.05, 3.63) is 22.8 Å². The maximum Gasteiger partial charge on any atom is 0.0809 e. The molecule has 0 aromatic carbocycles. The predicted octanol–water partition coefficient (Wildman–Crippen LogP) is 3.46. The predicted molar refractivity (Wildman–Crippen MR) is 46.6 cm³/mol. The van der Waals surface area contributed by atoms with Crippen LogP contribution >= 0.6 is 23.2 Å². The SMILES string of the molecule is CC1=CC=C(Cl)C(C)(Cl)C1. The van der Waals surface area contributed by atoms with Crippen LogP contribution in [-0.2, 0) is 0 Å². The lowest BCUT2D eigenvalue weighted by atomic mass is 9.96. The Kier molecular flexibility index (Phi) is 2.12. The molecule has 0 nitrogen and oxygen atoms in total. The highest BCUT2D eigenvalue weighted by atomic mass is 35.5. The van der Waals surface area contributed by atoms with Gasteiger partial charge in [-0.1, -0.05) is 23.3 Å². The Morgan fingerprint density at radius 3 is 2.50 bits per heavy atom. The average Bonchev–Trinajstić information content (AvgIpc) is 1.78. The van der Waals surface area contributed by atoms with Crippen molar-refractivity contribution in [3.63, 3.8) is 0 Å². The van der Waals surface area contributed by atoms with Crippen molar-refractivity contribution < 1.29 is 0 Å². The molecule has 0 spiro atoms. The maximum atomic E-state index is 6.08. The summed E-state index contributed by atoms with van der Waals surface area (Å²) in [5, 5.41) is 0.736. The molecular formula is C8H10Cl2. The number of halogens is 2. The van der Waals surface area contributed by atoms with Crippen molar-refractivity contribution in [2.45, 2.75) is 25.1 Å². The van der Waals surface area contributed by atoms with Gasteiger partial charge in [-0.25, -0.2) is 0 Å². The first-order valence-electron chi connectivity index (χ1n) is 3.25. The molecule has 1 rings (SSSR count). The van der Waals surface area contributed by atoms with Gasteiger partial charge in [0.2, 0.25) is 0 Å². The lowest BCUT2D eigenvalue weighted by Gasteiger charge is -2.24. The van der Waals surface area contributed by atoms with Crippen LogP contribution < -0.4 is 0 Å². The summed E-state index contributed by atoms with van der Waals surface area (Å²) in [6, 6.07) is 0. The molecule has 0 aromatic rings. The Hall–Kier alpha value is 0.0600. The summed E-state index contributed by atoms with van der Waals surface area (Å²) >= 11 is 11.9. The first-order valence-corrected chi connectivity index (χ1v) is 4.00. The quantitative estimate of drug-likeness (QED) is 0.497. The third-order valence-electron chi connectivity index (χ3n) is 1.62. The van der Waals surface area contributed by atoms with Gasteiger partial charge in [0.25, 0.3) is 0 Å². The highest BCUT2D eigenvalue weighted by Crippen LogP contribution is 2.36. The van der Waals surface area contributed by atoms with E-state index in [0.29, 0.717) is 0 Å². The fourth-order valence-corrected chi connectivity index (χ4v) is 1.46. The molecule has 0 aliphatic heterocycles. The minimum absolute atomic E-state index is 0.361. The molecule has 0 fully saturated rings. The summed E-state index contributed by atoms with van der Waals surface area (Å²) in [5.74, 6) is 0. The van der Waals surface area contributed by atoms with Crippen molar-refractivity contribution in [2.75, 3.05) is 0 Å². The zero-order valence-corrected chi connectivity index (χ0v) is 7.63. The number of allylic oxidation sites excluding steroid dienone is 4. The van der Waals surface area contributed by atoms with Crippen LogP contribution in [0.2, 0.25) is 0 Å². The molecule has 1 unspecified atom stereocenters. The molecule has 1 aliphatic carbocycles. The van der Waals surface area contributed by atoms with Crippen molar-refractivity contribution in [1.29, 1.82) is 0 Å². The molecule has 0 aromatic heterocycles. The third-order valence-corrected chi connectivity index (χ3v) is 2.60. The van der Waals surface area contributed by atoms with Crippen LogP contribution in [0.5, 0.6) is 0 Å². The summed E-state index contributed by atoms with van der Waals surface area (Å²) in [4.78, 5) is -0.361. The standard InChI is InChI=1S/C8H10Cl2/c1-6-3-4-7(9)8(2,10)5-6/h3-4H,5H2,1-2H3. The topological polar surface area (TPSA) is 0 Å². The van der Waals surface area contributed by atoms with E-state index >= 15 is 0 Å². The number of alkyl halides is 1. The van der Waals surface area contributed by atoms with Gasteiger partial charge in [-0.15, -0.1) is 11.6 Å². The third kappa shape index (κ3) is 1.56. The number of hydrogen-bond acceptors (Lipinski definition) is 0. The molecule has 0 N–H and O–H groups in total. The summed E-state index contributed by atoms with van der Waals surface area (Å²) in [7, 11) is 0. The van der Waals surface area contributed by atoms with E-state index in [4.69, 9.17) is 23.2 Å². The zero-order valence-electron chi connectivity index (χ0n) is 6.12. The monoisotopic (exact) mass is 176 g/mol. The van der Waals surface area contributed by atoms with Crippen molar-refractivity contribution in [1.82, 2.24) is 0 Å². The van der Waals surface area contributed by atoms with E-state index in [-0.39, 0.29) is 4.87 Å². The summed E-state index contributed by atoms with van der Waals surface area (Å²) in [5.41, 5.74) is 1.28. The summed E-state index contributed by atoms with van der Waals surface area (Å²) < 4.78 is 0. The van der Waals surface area contributed by atoms with Crippen molar-refractivity contribution in [3.8, 4) is 0 Å². The van der Waals surface area contributed by atoms with E-state index in [1.165, 1.54) is 5.57 Å².